The summed E-state index contributed by atoms with van der Waals surface area (Å²) in [5.41, 5.74) is 5.39. The van der Waals surface area contributed by atoms with Crippen molar-refractivity contribution >= 4 is 39.0 Å². The van der Waals surface area contributed by atoms with Gasteiger partial charge in [0.05, 0.1) is 11.5 Å². The summed E-state index contributed by atoms with van der Waals surface area (Å²) in [5.74, 6) is -1.30. The van der Waals surface area contributed by atoms with Crippen molar-refractivity contribution in [3.63, 3.8) is 0 Å². The van der Waals surface area contributed by atoms with E-state index in [1.54, 1.807) is 6.92 Å². The van der Waals surface area contributed by atoms with Crippen LogP contribution in [0.4, 0.5) is 0 Å². The minimum Gasteiger partial charge on any atom is -0.392 e. The number of amides is 2. The molecule has 102 valence electrons. The molecule has 0 aromatic carbocycles. The second-order valence-electron chi connectivity index (χ2n) is 3.98. The third-order valence-corrected chi connectivity index (χ3v) is 5.59. The Labute approximate surface area is 111 Å². The molecule has 0 spiro atoms. The van der Waals surface area contributed by atoms with Crippen molar-refractivity contribution in [1.29, 1.82) is 0 Å². The Bertz CT molecular complexity index is 488. The molecule has 0 saturated carbocycles. The monoisotopic (exact) mass is 293 g/mol. The summed E-state index contributed by atoms with van der Waals surface area (Å²) in [5, 5.41) is 1.01. The number of nitrogens with two attached hydrogens (primary N) is 1. The van der Waals surface area contributed by atoms with Crippen LogP contribution in [0.25, 0.3) is 0 Å². The topological polar surface area (TPSA) is 110 Å². The zero-order valence-corrected chi connectivity index (χ0v) is 11.7. The molecule has 1 aliphatic rings. The molecule has 3 N–H and O–H groups in total. The van der Waals surface area contributed by atoms with E-state index in [0.29, 0.717) is 0 Å². The van der Waals surface area contributed by atoms with E-state index in [0.717, 1.165) is 4.31 Å². The van der Waals surface area contributed by atoms with Gasteiger partial charge in [-0.1, -0.05) is 19.1 Å². The number of nitrogens with one attached hydrogen (secondary N) is 1. The molecule has 1 fully saturated rings. The van der Waals surface area contributed by atoms with Crippen LogP contribution in [0.15, 0.2) is 0 Å². The van der Waals surface area contributed by atoms with Crippen LogP contribution in [0.3, 0.4) is 0 Å². The lowest BCUT2D eigenvalue weighted by molar-refractivity contribution is -0.136. The van der Waals surface area contributed by atoms with Crippen LogP contribution >= 0.6 is 12.2 Å². The number of nitrogens with zero attached hydrogens (tertiary/aromatic N) is 1. The van der Waals surface area contributed by atoms with Gasteiger partial charge in [0.15, 0.2) is 0 Å². The van der Waals surface area contributed by atoms with Crippen molar-refractivity contribution in [2.75, 3.05) is 6.54 Å². The van der Waals surface area contributed by atoms with Gasteiger partial charge in [-0.2, -0.15) is 4.31 Å². The molecule has 0 radical (unpaired) electrons. The van der Waals surface area contributed by atoms with Gasteiger partial charge in [-0.25, -0.2) is 8.42 Å². The molecular formula is C9H15N3O4S2. The van der Waals surface area contributed by atoms with E-state index in [1.807, 2.05) is 0 Å². The standard InChI is InChI=1S/C9H15N3O4S2/c1-3-6(8(10)17)18(15,16)12-4-7(13)11-9(14)5(12)2/h5-6H,3-4H2,1-2H3,(H2,10,17)(H,11,13,14). The lowest BCUT2D eigenvalue weighted by Gasteiger charge is -2.33. The Kier molecular flexibility index (Phi) is 4.41. The van der Waals surface area contributed by atoms with Gasteiger partial charge in [0, 0.05) is 0 Å². The maximum Gasteiger partial charge on any atom is 0.244 e. The van der Waals surface area contributed by atoms with E-state index in [-0.39, 0.29) is 11.4 Å². The van der Waals surface area contributed by atoms with Gasteiger partial charge in [0.2, 0.25) is 21.8 Å². The maximum atomic E-state index is 12.3. The zero-order valence-electron chi connectivity index (χ0n) is 10.0. The minimum atomic E-state index is -3.90. The first-order valence-electron chi connectivity index (χ1n) is 5.35. The van der Waals surface area contributed by atoms with Gasteiger partial charge in [-0.3, -0.25) is 14.9 Å². The molecule has 7 nitrogen and oxygen atoms in total. The van der Waals surface area contributed by atoms with Crippen molar-refractivity contribution in [3.05, 3.63) is 0 Å². The van der Waals surface area contributed by atoms with E-state index in [2.05, 4.69) is 5.32 Å². The van der Waals surface area contributed by atoms with Gasteiger partial charge >= 0.3 is 0 Å². The number of piperazine rings is 1. The predicted octanol–water partition coefficient (Wildman–Crippen LogP) is -1.27. The largest absolute Gasteiger partial charge is 0.392 e. The molecular weight excluding hydrogens is 278 g/mol. The SMILES string of the molecule is CCC(C(N)=S)S(=O)(=O)N1CC(=O)NC(=O)C1C. The summed E-state index contributed by atoms with van der Waals surface area (Å²) >= 11 is 4.72. The number of hydrogen-bond acceptors (Lipinski definition) is 5. The molecule has 0 aliphatic carbocycles. The molecule has 1 heterocycles. The Hall–Kier alpha value is -1.06. The number of imide groups is 1. The smallest absolute Gasteiger partial charge is 0.244 e. The highest BCUT2D eigenvalue weighted by molar-refractivity contribution is 7.92. The second-order valence-corrected chi connectivity index (χ2v) is 6.52. The number of carbonyl (C=O) groups excluding carboxylic acids is 2. The third kappa shape index (κ3) is 2.68. The summed E-state index contributed by atoms with van der Waals surface area (Å²) in [7, 11) is -3.90. The van der Waals surface area contributed by atoms with Crippen molar-refractivity contribution in [1.82, 2.24) is 9.62 Å². The normalized spacial score (nSPS) is 23.6. The summed E-state index contributed by atoms with van der Waals surface area (Å²) < 4.78 is 25.4. The van der Waals surface area contributed by atoms with Crippen molar-refractivity contribution < 1.29 is 18.0 Å². The molecule has 9 heteroatoms. The highest BCUT2D eigenvalue weighted by atomic mass is 32.2. The molecule has 1 saturated heterocycles. The summed E-state index contributed by atoms with van der Waals surface area (Å²) in [6.07, 6.45) is 0.191. The molecule has 2 unspecified atom stereocenters. The first kappa shape index (κ1) is 15.0. The Morgan fingerprint density at radius 2 is 2.17 bits per heavy atom. The van der Waals surface area contributed by atoms with Gasteiger partial charge in [0.1, 0.15) is 11.3 Å². The number of sulfonamides is 1. The quantitative estimate of drug-likeness (QED) is 0.494. The average Bonchev–Trinajstić information content (AvgIpc) is 2.23. The van der Waals surface area contributed by atoms with E-state index < -0.39 is 39.7 Å². The van der Waals surface area contributed by atoms with Crippen molar-refractivity contribution in [3.8, 4) is 0 Å². The highest BCUT2D eigenvalue weighted by Crippen LogP contribution is 2.18. The summed E-state index contributed by atoms with van der Waals surface area (Å²) in [4.78, 5) is 22.5. The fourth-order valence-electron chi connectivity index (χ4n) is 1.72. The molecule has 2 atom stereocenters. The fourth-order valence-corrected chi connectivity index (χ4v) is 4.13. The van der Waals surface area contributed by atoms with Crippen molar-refractivity contribution in [2.45, 2.75) is 31.6 Å². The van der Waals surface area contributed by atoms with Crippen LogP contribution in [0.1, 0.15) is 20.3 Å². The highest BCUT2D eigenvalue weighted by Gasteiger charge is 2.42. The van der Waals surface area contributed by atoms with Crippen LogP contribution in [-0.4, -0.2) is 47.4 Å². The lowest BCUT2D eigenvalue weighted by Crippen LogP contribution is -2.60. The summed E-state index contributed by atoms with van der Waals surface area (Å²) in [6, 6.07) is -0.948. The Morgan fingerprint density at radius 1 is 1.61 bits per heavy atom. The molecule has 1 aliphatic heterocycles. The van der Waals surface area contributed by atoms with Gasteiger partial charge in [-0.15, -0.1) is 0 Å². The second kappa shape index (κ2) is 5.29. The molecule has 2 amide bonds. The van der Waals surface area contributed by atoms with Crippen LogP contribution in [0, 0.1) is 0 Å². The molecule has 1 rings (SSSR count). The fraction of sp³-hybridized carbons (Fsp3) is 0.667. The number of rotatable bonds is 4. The van der Waals surface area contributed by atoms with Crippen LogP contribution < -0.4 is 11.1 Å². The summed E-state index contributed by atoms with van der Waals surface area (Å²) in [6.45, 7) is 2.64. The van der Waals surface area contributed by atoms with Crippen LogP contribution in [0.5, 0.6) is 0 Å². The number of thiocarbonyl (C=S) groups is 1. The Morgan fingerprint density at radius 3 is 2.61 bits per heavy atom. The number of carbonyl (C=O) groups is 2. The van der Waals surface area contributed by atoms with E-state index >= 15 is 0 Å². The van der Waals surface area contributed by atoms with E-state index in [1.165, 1.54) is 6.92 Å². The number of hydrogen-bond donors (Lipinski definition) is 2. The maximum absolute atomic E-state index is 12.3. The van der Waals surface area contributed by atoms with E-state index in [9.17, 15) is 18.0 Å². The Balaban J connectivity index is 3.14. The predicted molar refractivity (Wildman–Crippen MR) is 69.1 cm³/mol. The average molecular weight is 293 g/mol. The minimum absolute atomic E-state index is 0.164. The van der Waals surface area contributed by atoms with Crippen molar-refractivity contribution in [2.24, 2.45) is 5.73 Å². The van der Waals surface area contributed by atoms with Crippen LogP contribution in [-0.2, 0) is 19.6 Å². The lowest BCUT2D eigenvalue weighted by atomic mass is 10.2. The molecule has 0 aromatic rings. The first-order chi connectivity index (χ1) is 8.21. The van der Waals surface area contributed by atoms with Crippen LogP contribution in [0.2, 0.25) is 0 Å². The third-order valence-electron chi connectivity index (χ3n) is 2.75. The molecule has 0 aromatic heterocycles. The molecule has 0 bridgehead atoms. The van der Waals surface area contributed by atoms with Gasteiger partial charge in [0.25, 0.3) is 0 Å². The van der Waals surface area contributed by atoms with Gasteiger partial charge in [-0.05, 0) is 13.3 Å². The zero-order chi connectivity index (χ0) is 14.1. The van der Waals surface area contributed by atoms with E-state index in [4.69, 9.17) is 18.0 Å². The molecule has 18 heavy (non-hydrogen) atoms. The van der Waals surface area contributed by atoms with Gasteiger partial charge < -0.3 is 5.73 Å². The first-order valence-corrected chi connectivity index (χ1v) is 7.26.